The number of hydrogen-bond acceptors (Lipinski definition) is 5. The number of rotatable bonds is 5. The molecule has 3 fully saturated rings. The van der Waals surface area contributed by atoms with Crippen molar-refractivity contribution in [2.45, 2.75) is 38.0 Å². The van der Waals surface area contributed by atoms with Crippen molar-refractivity contribution < 1.29 is 18.3 Å². The van der Waals surface area contributed by atoms with Crippen molar-refractivity contribution in [3.63, 3.8) is 0 Å². The molecule has 3 aliphatic rings. The molecule has 8 heteroatoms. The molecule has 2 atom stereocenters. The van der Waals surface area contributed by atoms with Crippen molar-refractivity contribution in [3.8, 4) is 16.3 Å². The van der Waals surface area contributed by atoms with E-state index in [0.717, 1.165) is 21.6 Å². The first kappa shape index (κ1) is 20.1. The van der Waals surface area contributed by atoms with E-state index in [-0.39, 0.29) is 30.4 Å². The average molecular weight is 442 g/mol. The highest BCUT2D eigenvalue weighted by Crippen LogP contribution is 2.46. The fourth-order valence-electron chi connectivity index (χ4n) is 4.44. The summed E-state index contributed by atoms with van der Waals surface area (Å²) < 4.78 is 34.0. The summed E-state index contributed by atoms with van der Waals surface area (Å²) in [5.74, 6) is -0.599. The van der Waals surface area contributed by atoms with E-state index >= 15 is 4.39 Å². The highest BCUT2D eigenvalue weighted by Gasteiger charge is 2.53. The molecule has 1 aliphatic carbocycles. The Morgan fingerprint density at radius 1 is 1.23 bits per heavy atom. The van der Waals surface area contributed by atoms with Crippen LogP contribution in [0.4, 0.5) is 8.78 Å². The topological polar surface area (TPSA) is 55.3 Å². The molecule has 6 rings (SSSR count). The van der Waals surface area contributed by atoms with Crippen LogP contribution in [0.5, 0.6) is 5.88 Å². The van der Waals surface area contributed by atoms with Gasteiger partial charge >= 0.3 is 0 Å². The summed E-state index contributed by atoms with van der Waals surface area (Å²) in [5, 5.41) is 0.783. The van der Waals surface area contributed by atoms with Crippen LogP contribution < -0.4 is 4.74 Å². The van der Waals surface area contributed by atoms with Crippen LogP contribution in [-0.2, 0) is 0 Å². The lowest BCUT2D eigenvalue weighted by Gasteiger charge is -2.54. The zero-order valence-corrected chi connectivity index (χ0v) is 17.7. The summed E-state index contributed by atoms with van der Waals surface area (Å²) in [7, 11) is 0. The highest BCUT2D eigenvalue weighted by atomic mass is 32.1. The van der Waals surface area contributed by atoms with Crippen molar-refractivity contribution in [2.24, 2.45) is 5.92 Å². The van der Waals surface area contributed by atoms with Gasteiger partial charge in [-0.25, -0.2) is 18.7 Å². The average Bonchev–Trinajstić information content (AvgIpc) is 3.14. The number of halogens is 2. The van der Waals surface area contributed by atoms with Crippen molar-refractivity contribution >= 4 is 17.2 Å². The molecular formula is C23H21F2N3O2S. The molecule has 31 heavy (non-hydrogen) atoms. The van der Waals surface area contributed by atoms with Gasteiger partial charge < -0.3 is 9.64 Å². The number of fused-ring (bicyclic) bond motifs is 2. The smallest absolute Gasteiger partial charge is 0.274 e. The zero-order valence-electron chi connectivity index (χ0n) is 16.9. The number of benzene rings is 1. The summed E-state index contributed by atoms with van der Waals surface area (Å²) in [5.41, 5.74) is 1.27. The van der Waals surface area contributed by atoms with E-state index in [4.69, 9.17) is 4.74 Å². The maximum absolute atomic E-state index is 15.2. The summed E-state index contributed by atoms with van der Waals surface area (Å²) in [4.78, 5) is 24.4. The van der Waals surface area contributed by atoms with Crippen LogP contribution in [-0.4, -0.2) is 45.6 Å². The van der Waals surface area contributed by atoms with Gasteiger partial charge in [0.15, 0.2) is 0 Å². The second-order valence-corrected chi connectivity index (χ2v) is 9.21. The lowest BCUT2D eigenvalue weighted by atomic mass is 9.69. The molecule has 0 N–H and O–H groups in total. The molecule has 1 amide bonds. The van der Waals surface area contributed by atoms with E-state index in [1.54, 1.807) is 4.90 Å². The minimum atomic E-state index is -1.19. The zero-order chi connectivity index (χ0) is 21.5. The van der Waals surface area contributed by atoms with Gasteiger partial charge in [0.25, 0.3) is 5.91 Å². The van der Waals surface area contributed by atoms with E-state index < -0.39 is 18.0 Å². The van der Waals surface area contributed by atoms with E-state index in [9.17, 15) is 9.18 Å². The van der Waals surface area contributed by atoms with Gasteiger partial charge in [0.1, 0.15) is 24.3 Å². The number of carbonyl (C=O) groups is 1. The van der Waals surface area contributed by atoms with Crippen LogP contribution in [0.15, 0.2) is 48.7 Å². The molecule has 2 unspecified atom stereocenters. The Labute approximate surface area is 182 Å². The van der Waals surface area contributed by atoms with Gasteiger partial charge in [-0.3, -0.25) is 4.79 Å². The number of thiazole rings is 1. The lowest BCUT2D eigenvalue weighted by Crippen LogP contribution is -2.66. The summed E-state index contributed by atoms with van der Waals surface area (Å²) >= 11 is 1.46. The Morgan fingerprint density at radius 3 is 2.71 bits per heavy atom. The van der Waals surface area contributed by atoms with Crippen molar-refractivity contribution in [1.82, 2.24) is 14.9 Å². The molecule has 4 heterocycles. The van der Waals surface area contributed by atoms with Crippen molar-refractivity contribution in [3.05, 3.63) is 65.2 Å². The molecule has 2 aromatic heterocycles. The maximum atomic E-state index is 15.2. The van der Waals surface area contributed by atoms with E-state index in [2.05, 4.69) is 9.97 Å². The van der Waals surface area contributed by atoms with Crippen LogP contribution in [0.2, 0.25) is 0 Å². The summed E-state index contributed by atoms with van der Waals surface area (Å²) in [6.07, 6.45) is 1.17. The largest absolute Gasteiger partial charge is 0.475 e. The Hall–Kier alpha value is -2.87. The fourth-order valence-corrected chi connectivity index (χ4v) is 5.36. The minimum Gasteiger partial charge on any atom is -0.475 e. The second-order valence-electron chi connectivity index (χ2n) is 8.01. The number of aromatic nitrogens is 2. The van der Waals surface area contributed by atoms with Gasteiger partial charge in [0.05, 0.1) is 22.1 Å². The van der Waals surface area contributed by atoms with Gasteiger partial charge in [-0.2, -0.15) is 0 Å². The highest BCUT2D eigenvalue weighted by molar-refractivity contribution is 7.15. The molecule has 5 nitrogen and oxygen atoms in total. The third kappa shape index (κ3) is 3.69. The molecule has 2 saturated heterocycles. The fraction of sp³-hybridized carbons (Fsp3) is 0.348. The van der Waals surface area contributed by atoms with Gasteiger partial charge in [0.2, 0.25) is 5.88 Å². The number of piperidine rings is 2. The SMILES string of the molecule is Cc1nc(C(=O)N2C3CC(C3)C(F)C2COc2ccc(F)cn2)c(-c2ccccc2)s1. The molecule has 0 spiro atoms. The van der Waals surface area contributed by atoms with E-state index in [0.29, 0.717) is 18.5 Å². The molecule has 160 valence electrons. The summed E-state index contributed by atoms with van der Waals surface area (Å²) in [6.45, 7) is 1.82. The minimum absolute atomic E-state index is 0.0232. The maximum Gasteiger partial charge on any atom is 0.274 e. The standard InChI is InChI=1S/C23H21F2N3O2S/c1-13-27-21(22(31-13)14-5-3-2-4-6-14)23(29)28-17-9-15(10-17)20(25)18(28)12-30-19-8-7-16(24)11-26-19/h2-8,11,15,17-18,20H,9-10,12H2,1H3. The number of aryl methyl sites for hydroxylation is 1. The molecule has 1 saturated carbocycles. The molecular weight excluding hydrogens is 420 g/mol. The Balaban J connectivity index is 1.43. The van der Waals surface area contributed by atoms with Crippen LogP contribution in [0.1, 0.15) is 28.3 Å². The molecule has 2 aliphatic heterocycles. The van der Waals surface area contributed by atoms with Crippen molar-refractivity contribution in [1.29, 1.82) is 0 Å². The molecule has 1 aromatic carbocycles. The Kier molecular flexibility index (Phi) is 5.17. The number of ether oxygens (including phenoxy) is 1. The molecule has 3 aromatic rings. The Morgan fingerprint density at radius 2 is 2.00 bits per heavy atom. The Bertz CT molecular complexity index is 1080. The third-order valence-corrected chi connectivity index (χ3v) is 7.05. The van der Waals surface area contributed by atoms with Crippen LogP contribution in [0, 0.1) is 18.7 Å². The van der Waals surface area contributed by atoms with Gasteiger partial charge in [-0.15, -0.1) is 11.3 Å². The first-order chi connectivity index (χ1) is 15.0. The number of alkyl halides is 1. The second kappa shape index (κ2) is 8.00. The number of carbonyl (C=O) groups excluding carboxylic acids is 1. The van der Waals surface area contributed by atoms with Crippen LogP contribution >= 0.6 is 11.3 Å². The lowest BCUT2D eigenvalue weighted by molar-refractivity contribution is -0.0847. The molecule has 2 bridgehead atoms. The first-order valence-corrected chi connectivity index (χ1v) is 11.1. The normalized spacial score (nSPS) is 24.5. The number of nitrogens with zero attached hydrogens (tertiary/aromatic N) is 3. The molecule has 0 radical (unpaired) electrons. The van der Waals surface area contributed by atoms with E-state index in [1.807, 2.05) is 37.3 Å². The number of pyridine rings is 1. The van der Waals surface area contributed by atoms with E-state index in [1.165, 1.54) is 23.5 Å². The first-order valence-electron chi connectivity index (χ1n) is 10.2. The predicted octanol–water partition coefficient (Wildman–Crippen LogP) is 4.67. The third-order valence-electron chi connectivity index (χ3n) is 6.03. The van der Waals surface area contributed by atoms with Crippen LogP contribution in [0.25, 0.3) is 10.4 Å². The predicted molar refractivity (Wildman–Crippen MR) is 113 cm³/mol. The van der Waals surface area contributed by atoms with Gasteiger partial charge in [-0.05, 0) is 37.3 Å². The monoisotopic (exact) mass is 441 g/mol. The van der Waals surface area contributed by atoms with Gasteiger partial charge in [0, 0.05) is 12.1 Å². The number of hydrogen-bond donors (Lipinski definition) is 0. The number of amides is 1. The summed E-state index contributed by atoms with van der Waals surface area (Å²) in [6, 6.07) is 11.5. The van der Waals surface area contributed by atoms with Gasteiger partial charge in [-0.1, -0.05) is 30.3 Å². The van der Waals surface area contributed by atoms with Crippen molar-refractivity contribution in [2.75, 3.05) is 6.61 Å². The quantitative estimate of drug-likeness (QED) is 0.577. The van der Waals surface area contributed by atoms with Crippen LogP contribution in [0.3, 0.4) is 0 Å².